The van der Waals surface area contributed by atoms with Gasteiger partial charge in [0.05, 0.1) is 21.7 Å². The summed E-state index contributed by atoms with van der Waals surface area (Å²) in [6.45, 7) is 2.47. The minimum Gasteiger partial charge on any atom is -0.298 e. The number of hydrogen-bond acceptors (Lipinski definition) is 5. The number of aryl methyl sites for hydroxylation is 1. The van der Waals surface area contributed by atoms with Crippen LogP contribution in [-0.2, 0) is 10.0 Å². The third kappa shape index (κ3) is 3.06. The summed E-state index contributed by atoms with van der Waals surface area (Å²) in [5.41, 5.74) is 3.01. The van der Waals surface area contributed by atoms with Gasteiger partial charge in [-0.25, -0.2) is 13.4 Å². The van der Waals surface area contributed by atoms with Crippen molar-refractivity contribution in [3.8, 4) is 0 Å². The van der Waals surface area contributed by atoms with E-state index in [1.165, 1.54) is 15.6 Å². The summed E-state index contributed by atoms with van der Waals surface area (Å²) in [6, 6.07) is 12.5. The summed E-state index contributed by atoms with van der Waals surface area (Å²) < 4.78 is 26.4. The van der Waals surface area contributed by atoms with Crippen LogP contribution in [0.1, 0.15) is 22.3 Å². The van der Waals surface area contributed by atoms with Crippen LogP contribution in [0.25, 0.3) is 10.2 Å². The molecule has 3 aromatic rings. The highest BCUT2D eigenvalue weighted by Gasteiger charge is 2.28. The first kappa shape index (κ1) is 17.0. The van der Waals surface area contributed by atoms with Crippen molar-refractivity contribution in [1.29, 1.82) is 0 Å². The quantitative estimate of drug-likeness (QED) is 0.747. The Labute approximate surface area is 155 Å². The van der Waals surface area contributed by atoms with Gasteiger partial charge in [0.1, 0.15) is 0 Å². The normalized spacial score (nSPS) is 16.1. The van der Waals surface area contributed by atoms with Crippen molar-refractivity contribution in [3.63, 3.8) is 0 Å². The van der Waals surface area contributed by atoms with Gasteiger partial charge in [0.2, 0.25) is 10.0 Å². The standard InChI is InChI=1S/C18H17N3O3S2/c1-12-4-2-5-15-16(12)19-18(25-15)20-17(22)13-6-8-14(9-7-13)21-10-3-11-26(21,23)24/h2,4-9H,3,10-11H2,1H3,(H,19,20,22). The molecule has 134 valence electrons. The average molecular weight is 387 g/mol. The Balaban J connectivity index is 1.53. The summed E-state index contributed by atoms with van der Waals surface area (Å²) in [7, 11) is -3.22. The Bertz CT molecular complexity index is 1090. The van der Waals surface area contributed by atoms with Crippen molar-refractivity contribution in [2.24, 2.45) is 0 Å². The molecule has 0 unspecified atom stereocenters. The van der Waals surface area contributed by atoms with E-state index in [9.17, 15) is 13.2 Å². The van der Waals surface area contributed by atoms with Gasteiger partial charge >= 0.3 is 0 Å². The molecule has 4 rings (SSSR count). The lowest BCUT2D eigenvalue weighted by atomic mass is 10.2. The van der Waals surface area contributed by atoms with Crippen molar-refractivity contribution < 1.29 is 13.2 Å². The zero-order valence-electron chi connectivity index (χ0n) is 14.1. The largest absolute Gasteiger partial charge is 0.298 e. The lowest BCUT2D eigenvalue weighted by molar-refractivity contribution is 0.102. The number of nitrogens with zero attached hydrogens (tertiary/aromatic N) is 2. The summed E-state index contributed by atoms with van der Waals surface area (Å²) in [6.07, 6.45) is 0.627. The molecule has 1 saturated heterocycles. The molecule has 8 heteroatoms. The number of nitrogens with one attached hydrogen (secondary N) is 1. The van der Waals surface area contributed by atoms with Crippen LogP contribution in [0.2, 0.25) is 0 Å². The fourth-order valence-electron chi connectivity index (χ4n) is 3.02. The number of benzene rings is 2. The van der Waals surface area contributed by atoms with Crippen LogP contribution in [0.3, 0.4) is 0 Å². The Morgan fingerprint density at radius 1 is 1.19 bits per heavy atom. The number of fused-ring (bicyclic) bond motifs is 1. The molecule has 1 fully saturated rings. The third-order valence-electron chi connectivity index (χ3n) is 4.36. The van der Waals surface area contributed by atoms with Crippen molar-refractivity contribution in [2.75, 3.05) is 21.9 Å². The molecular formula is C18H17N3O3S2. The summed E-state index contributed by atoms with van der Waals surface area (Å²) in [5, 5.41) is 3.36. The van der Waals surface area contributed by atoms with Crippen LogP contribution in [0.5, 0.6) is 0 Å². The smallest absolute Gasteiger partial charge is 0.257 e. The number of anilines is 2. The lowest BCUT2D eigenvalue weighted by Crippen LogP contribution is -2.25. The summed E-state index contributed by atoms with van der Waals surface area (Å²) in [4.78, 5) is 16.9. The SMILES string of the molecule is Cc1cccc2sc(NC(=O)c3ccc(N4CCCS4(=O)=O)cc3)nc12. The van der Waals surface area contributed by atoms with Gasteiger partial charge in [-0.1, -0.05) is 23.5 Å². The van der Waals surface area contributed by atoms with Gasteiger partial charge in [-0.3, -0.25) is 14.4 Å². The number of carbonyl (C=O) groups excluding carboxylic acids is 1. The number of sulfonamides is 1. The highest BCUT2D eigenvalue weighted by molar-refractivity contribution is 7.93. The molecule has 2 heterocycles. The number of para-hydroxylation sites is 1. The molecule has 1 aliphatic rings. The third-order valence-corrected chi connectivity index (χ3v) is 7.16. The monoisotopic (exact) mass is 387 g/mol. The number of thiazole rings is 1. The molecule has 1 aliphatic heterocycles. The Kier molecular flexibility index (Phi) is 4.16. The summed E-state index contributed by atoms with van der Waals surface area (Å²) in [5.74, 6) is -0.0933. The van der Waals surface area contributed by atoms with Crippen molar-refractivity contribution in [1.82, 2.24) is 4.98 Å². The van der Waals surface area contributed by atoms with Gasteiger partial charge in [-0.05, 0) is 49.2 Å². The van der Waals surface area contributed by atoms with Crippen LogP contribution >= 0.6 is 11.3 Å². The van der Waals surface area contributed by atoms with Gasteiger partial charge < -0.3 is 0 Å². The van der Waals surface area contributed by atoms with E-state index < -0.39 is 10.0 Å². The maximum absolute atomic E-state index is 12.5. The topological polar surface area (TPSA) is 79.4 Å². The predicted octanol–water partition coefficient (Wildman–Crippen LogP) is 3.40. The minimum atomic E-state index is -3.22. The maximum Gasteiger partial charge on any atom is 0.257 e. The van der Waals surface area contributed by atoms with Crippen molar-refractivity contribution in [2.45, 2.75) is 13.3 Å². The van der Waals surface area contributed by atoms with Crippen LogP contribution in [-0.4, -0.2) is 31.6 Å². The lowest BCUT2D eigenvalue weighted by Gasteiger charge is -2.16. The molecule has 26 heavy (non-hydrogen) atoms. The number of rotatable bonds is 3. The van der Waals surface area contributed by atoms with Gasteiger partial charge in [-0.15, -0.1) is 0 Å². The van der Waals surface area contributed by atoms with Crippen LogP contribution < -0.4 is 9.62 Å². The first-order valence-corrected chi connectivity index (χ1v) is 10.6. The van der Waals surface area contributed by atoms with E-state index in [0.717, 1.165) is 15.8 Å². The Morgan fingerprint density at radius 2 is 1.96 bits per heavy atom. The second-order valence-corrected chi connectivity index (χ2v) is 9.23. The van der Waals surface area contributed by atoms with E-state index >= 15 is 0 Å². The molecule has 0 spiro atoms. The number of hydrogen-bond donors (Lipinski definition) is 1. The number of aromatic nitrogens is 1. The molecule has 6 nitrogen and oxygen atoms in total. The molecule has 0 saturated carbocycles. The molecule has 1 aromatic heterocycles. The zero-order chi connectivity index (χ0) is 18.3. The fraction of sp³-hybridized carbons (Fsp3) is 0.222. The molecule has 0 bridgehead atoms. The van der Waals surface area contributed by atoms with Gasteiger partial charge in [0.25, 0.3) is 5.91 Å². The predicted molar refractivity (Wildman–Crippen MR) is 105 cm³/mol. The molecular weight excluding hydrogens is 370 g/mol. The first-order valence-electron chi connectivity index (χ1n) is 8.22. The first-order chi connectivity index (χ1) is 12.4. The maximum atomic E-state index is 12.5. The van der Waals surface area contributed by atoms with Gasteiger partial charge in [0.15, 0.2) is 5.13 Å². The second kappa shape index (κ2) is 6.37. The number of amides is 1. The second-order valence-electron chi connectivity index (χ2n) is 6.18. The highest BCUT2D eigenvalue weighted by Crippen LogP contribution is 2.28. The van der Waals surface area contributed by atoms with E-state index in [0.29, 0.717) is 29.3 Å². The molecule has 0 radical (unpaired) electrons. The van der Waals surface area contributed by atoms with Crippen molar-refractivity contribution >= 4 is 48.3 Å². The van der Waals surface area contributed by atoms with E-state index in [1.807, 2.05) is 25.1 Å². The van der Waals surface area contributed by atoms with E-state index in [-0.39, 0.29) is 11.7 Å². The molecule has 1 amide bonds. The highest BCUT2D eigenvalue weighted by atomic mass is 32.2. The van der Waals surface area contributed by atoms with Crippen LogP contribution in [0.4, 0.5) is 10.8 Å². The van der Waals surface area contributed by atoms with Gasteiger partial charge in [0, 0.05) is 12.1 Å². The van der Waals surface area contributed by atoms with Crippen LogP contribution in [0.15, 0.2) is 42.5 Å². The van der Waals surface area contributed by atoms with E-state index in [4.69, 9.17) is 0 Å². The molecule has 0 atom stereocenters. The minimum absolute atomic E-state index is 0.173. The molecule has 0 aliphatic carbocycles. The average Bonchev–Trinajstić information content (AvgIpc) is 3.18. The fourth-order valence-corrected chi connectivity index (χ4v) is 5.52. The van der Waals surface area contributed by atoms with Crippen LogP contribution in [0, 0.1) is 6.92 Å². The van der Waals surface area contributed by atoms with Crippen molar-refractivity contribution in [3.05, 3.63) is 53.6 Å². The Morgan fingerprint density at radius 3 is 2.62 bits per heavy atom. The van der Waals surface area contributed by atoms with E-state index in [2.05, 4.69) is 10.3 Å². The van der Waals surface area contributed by atoms with Gasteiger partial charge in [-0.2, -0.15) is 0 Å². The molecule has 2 aromatic carbocycles. The number of carbonyl (C=O) groups is 1. The summed E-state index contributed by atoms with van der Waals surface area (Å²) >= 11 is 1.43. The Hall–Kier alpha value is -2.45. The molecule has 1 N–H and O–H groups in total. The van der Waals surface area contributed by atoms with E-state index in [1.54, 1.807) is 24.3 Å². The zero-order valence-corrected chi connectivity index (χ0v) is 15.7.